The first-order valence-corrected chi connectivity index (χ1v) is 8.84. The monoisotopic (exact) mass is 433 g/mol. The second-order valence-corrected chi connectivity index (χ2v) is 6.67. The molecule has 3 aromatic heterocycles. The Kier molecular flexibility index (Phi) is 4.79. The quantitative estimate of drug-likeness (QED) is 0.504. The van der Waals surface area contributed by atoms with Gasteiger partial charge in [0.25, 0.3) is 6.01 Å². The fraction of sp³-hybridized carbons (Fsp3) is 0.167. The normalized spacial score (nSPS) is 12.7. The number of pyridine rings is 1. The Morgan fingerprint density at radius 1 is 1.27 bits per heavy atom. The molecule has 3 heterocycles. The predicted octanol–water partition coefficient (Wildman–Crippen LogP) is 4.52. The molecular weight excluding hydrogens is 423 g/mol. The number of alkyl halides is 3. The van der Waals surface area contributed by atoms with Crippen LogP contribution in [0.25, 0.3) is 16.9 Å². The van der Waals surface area contributed by atoms with E-state index >= 15 is 0 Å². The maximum atomic E-state index is 13.3. The van der Waals surface area contributed by atoms with Gasteiger partial charge in [-0.15, -0.1) is 0 Å². The first-order valence-electron chi connectivity index (χ1n) is 8.46. The molecule has 0 saturated heterocycles. The number of oxazole rings is 1. The highest BCUT2D eigenvalue weighted by Gasteiger charge is 2.35. The third-order valence-electron chi connectivity index (χ3n) is 4.16. The van der Waals surface area contributed by atoms with Gasteiger partial charge in [-0.05, 0) is 31.2 Å². The average Bonchev–Trinajstić information content (AvgIpc) is 3.33. The minimum atomic E-state index is -4.65. The number of anilines is 1. The van der Waals surface area contributed by atoms with Crippen molar-refractivity contribution in [2.75, 3.05) is 5.32 Å². The SMILES string of the molecule is C[C@H](Nc1nc2cc(Cl)cc(C(F)(F)F)c2o1)c1ncnn1-c1ccc(C#N)cn1. The Morgan fingerprint density at radius 3 is 2.73 bits per heavy atom. The van der Waals surface area contributed by atoms with Gasteiger partial charge in [-0.2, -0.15) is 33.2 Å². The maximum Gasteiger partial charge on any atom is 0.420 e. The Hall–Kier alpha value is -3.65. The van der Waals surface area contributed by atoms with Gasteiger partial charge < -0.3 is 9.73 Å². The maximum absolute atomic E-state index is 13.3. The number of nitrogens with zero attached hydrogens (tertiary/aromatic N) is 6. The Morgan fingerprint density at radius 2 is 2.07 bits per heavy atom. The van der Waals surface area contributed by atoms with E-state index in [0.29, 0.717) is 17.2 Å². The van der Waals surface area contributed by atoms with Crippen LogP contribution in [0.15, 0.2) is 41.2 Å². The molecule has 12 heteroatoms. The number of hydrogen-bond donors (Lipinski definition) is 1. The molecule has 0 amide bonds. The molecule has 1 aromatic carbocycles. The first-order chi connectivity index (χ1) is 14.3. The summed E-state index contributed by atoms with van der Waals surface area (Å²) in [5.74, 6) is 0.822. The zero-order valence-corrected chi connectivity index (χ0v) is 15.9. The second kappa shape index (κ2) is 7.31. The molecule has 30 heavy (non-hydrogen) atoms. The van der Waals surface area contributed by atoms with E-state index in [2.05, 4.69) is 25.4 Å². The third kappa shape index (κ3) is 3.65. The van der Waals surface area contributed by atoms with Crippen molar-refractivity contribution < 1.29 is 17.6 Å². The molecule has 0 aliphatic carbocycles. The summed E-state index contributed by atoms with van der Waals surface area (Å²) in [7, 11) is 0. The minimum absolute atomic E-state index is 0.0280. The lowest BCUT2D eigenvalue weighted by Crippen LogP contribution is -2.14. The highest BCUT2D eigenvalue weighted by atomic mass is 35.5. The zero-order valence-electron chi connectivity index (χ0n) is 15.1. The van der Waals surface area contributed by atoms with Crippen LogP contribution >= 0.6 is 11.6 Å². The zero-order chi connectivity index (χ0) is 21.5. The number of benzene rings is 1. The number of rotatable bonds is 4. The first kappa shape index (κ1) is 19.7. The van der Waals surface area contributed by atoms with E-state index in [1.165, 1.54) is 23.3 Å². The molecule has 152 valence electrons. The Labute approximate surface area is 171 Å². The molecule has 0 saturated carbocycles. The lowest BCUT2D eigenvalue weighted by molar-refractivity contribution is -0.136. The van der Waals surface area contributed by atoms with E-state index in [1.54, 1.807) is 19.1 Å². The molecule has 0 spiro atoms. The molecule has 0 aliphatic heterocycles. The van der Waals surface area contributed by atoms with Gasteiger partial charge >= 0.3 is 6.18 Å². The molecule has 4 aromatic rings. The number of aromatic nitrogens is 5. The second-order valence-electron chi connectivity index (χ2n) is 6.23. The van der Waals surface area contributed by atoms with E-state index in [4.69, 9.17) is 21.3 Å². The summed E-state index contributed by atoms with van der Waals surface area (Å²) in [6.45, 7) is 1.71. The molecule has 1 atom stereocenters. The van der Waals surface area contributed by atoms with Crippen LogP contribution in [0.3, 0.4) is 0 Å². The Bertz CT molecular complexity index is 1260. The van der Waals surface area contributed by atoms with Crippen molar-refractivity contribution in [3.05, 3.63) is 58.8 Å². The molecular formula is C18H11ClF3N7O. The molecule has 0 bridgehead atoms. The van der Waals surface area contributed by atoms with Crippen molar-refractivity contribution in [2.45, 2.75) is 19.1 Å². The molecule has 4 rings (SSSR count). The van der Waals surface area contributed by atoms with Crippen LogP contribution < -0.4 is 5.32 Å². The molecule has 1 N–H and O–H groups in total. The largest absolute Gasteiger partial charge is 0.423 e. The van der Waals surface area contributed by atoms with Crippen LogP contribution in [0, 0.1) is 11.3 Å². The van der Waals surface area contributed by atoms with Crippen molar-refractivity contribution in [1.29, 1.82) is 5.26 Å². The summed E-state index contributed by atoms with van der Waals surface area (Å²) >= 11 is 5.79. The van der Waals surface area contributed by atoms with Gasteiger partial charge in [-0.1, -0.05) is 11.6 Å². The molecule has 8 nitrogen and oxygen atoms in total. The lowest BCUT2D eigenvalue weighted by atomic mass is 10.2. The standard InChI is InChI=1S/C18H11ClF3N7O/c1-9(16-25-8-26-29(16)14-3-2-10(6-23)7-24-14)27-17-28-13-5-11(19)4-12(15(13)30-17)18(20,21)22/h2-5,7-9H,1H3,(H,27,28)/t9-/m0/s1. The summed E-state index contributed by atoms with van der Waals surface area (Å²) in [6.07, 6.45) is -1.95. The van der Waals surface area contributed by atoms with Crippen LogP contribution in [-0.2, 0) is 6.18 Å². The summed E-state index contributed by atoms with van der Waals surface area (Å²) in [5.41, 5.74) is -1.07. The van der Waals surface area contributed by atoms with Gasteiger partial charge in [0.05, 0.1) is 11.6 Å². The lowest BCUT2D eigenvalue weighted by Gasteiger charge is -2.12. The van der Waals surface area contributed by atoms with Crippen LogP contribution in [0.5, 0.6) is 0 Å². The average molecular weight is 434 g/mol. The van der Waals surface area contributed by atoms with Crippen LogP contribution in [0.2, 0.25) is 5.02 Å². The molecule has 0 fully saturated rings. The predicted molar refractivity (Wildman–Crippen MR) is 99.9 cm³/mol. The number of nitrogens with one attached hydrogen (secondary N) is 1. The van der Waals surface area contributed by atoms with Crippen LogP contribution in [0.4, 0.5) is 19.2 Å². The molecule has 0 aliphatic rings. The number of nitriles is 1. The van der Waals surface area contributed by atoms with Crippen LogP contribution in [0.1, 0.15) is 29.9 Å². The van der Waals surface area contributed by atoms with Crippen molar-refractivity contribution >= 4 is 28.7 Å². The van der Waals surface area contributed by atoms with Gasteiger partial charge in [0, 0.05) is 11.2 Å². The minimum Gasteiger partial charge on any atom is -0.423 e. The Balaban J connectivity index is 1.65. The number of hydrogen-bond acceptors (Lipinski definition) is 7. The van der Waals surface area contributed by atoms with Crippen molar-refractivity contribution in [3.8, 4) is 11.9 Å². The summed E-state index contributed by atoms with van der Waals surface area (Å²) in [6, 6.07) is 6.54. The fourth-order valence-corrected chi connectivity index (χ4v) is 3.03. The molecule has 0 unspecified atom stereocenters. The van der Waals surface area contributed by atoms with Crippen molar-refractivity contribution in [2.24, 2.45) is 0 Å². The third-order valence-corrected chi connectivity index (χ3v) is 4.37. The number of halogens is 4. The van der Waals surface area contributed by atoms with Gasteiger partial charge in [-0.25, -0.2) is 9.97 Å². The topological polar surface area (TPSA) is 105 Å². The summed E-state index contributed by atoms with van der Waals surface area (Å²) in [5, 5.41) is 15.8. The van der Waals surface area contributed by atoms with Gasteiger partial charge in [0.1, 0.15) is 23.5 Å². The van der Waals surface area contributed by atoms with Crippen molar-refractivity contribution in [3.63, 3.8) is 0 Å². The van der Waals surface area contributed by atoms with E-state index in [-0.39, 0.29) is 16.6 Å². The van der Waals surface area contributed by atoms with Gasteiger partial charge in [0.2, 0.25) is 0 Å². The highest BCUT2D eigenvalue weighted by Crippen LogP contribution is 2.38. The smallest absolute Gasteiger partial charge is 0.420 e. The van der Waals surface area contributed by atoms with E-state index in [0.717, 1.165) is 6.07 Å². The summed E-state index contributed by atoms with van der Waals surface area (Å²) in [4.78, 5) is 12.4. The summed E-state index contributed by atoms with van der Waals surface area (Å²) < 4.78 is 46.6. The van der Waals surface area contributed by atoms with Crippen molar-refractivity contribution in [1.82, 2.24) is 24.7 Å². The van der Waals surface area contributed by atoms with Gasteiger partial charge in [-0.3, -0.25) is 0 Å². The highest BCUT2D eigenvalue weighted by molar-refractivity contribution is 6.31. The number of fused-ring (bicyclic) bond motifs is 1. The molecule has 0 radical (unpaired) electrons. The van der Waals surface area contributed by atoms with Gasteiger partial charge in [0.15, 0.2) is 17.2 Å². The fourth-order valence-electron chi connectivity index (χ4n) is 2.82. The van der Waals surface area contributed by atoms with Crippen LogP contribution in [-0.4, -0.2) is 24.7 Å². The van der Waals surface area contributed by atoms with E-state index in [9.17, 15) is 13.2 Å². The van der Waals surface area contributed by atoms with E-state index < -0.39 is 23.4 Å². The van der Waals surface area contributed by atoms with E-state index in [1.807, 2.05) is 6.07 Å².